The topological polar surface area (TPSA) is 125 Å². The van der Waals surface area contributed by atoms with Gasteiger partial charge in [0.25, 0.3) is 0 Å². The molecule has 1 aliphatic heterocycles. The summed E-state index contributed by atoms with van der Waals surface area (Å²) >= 11 is 0. The molecule has 9 heteroatoms. The van der Waals surface area contributed by atoms with E-state index in [2.05, 4.69) is 27.7 Å². The second-order valence-electron chi connectivity index (χ2n) is 17.4. The van der Waals surface area contributed by atoms with Crippen molar-refractivity contribution in [1.29, 1.82) is 0 Å². The van der Waals surface area contributed by atoms with Gasteiger partial charge in [-0.15, -0.1) is 0 Å². The van der Waals surface area contributed by atoms with Crippen molar-refractivity contribution in [2.24, 2.45) is 58.7 Å². The van der Waals surface area contributed by atoms with Gasteiger partial charge in [0.1, 0.15) is 5.60 Å². The summed E-state index contributed by atoms with van der Waals surface area (Å²) in [7, 11) is 0. The number of hydrogen-bond acceptors (Lipinski definition) is 9. The number of esters is 4. The maximum Gasteiger partial charge on any atom is 0.347 e. The lowest BCUT2D eigenvalue weighted by Gasteiger charge is -2.38. The van der Waals surface area contributed by atoms with Crippen LogP contribution < -0.4 is 0 Å². The van der Waals surface area contributed by atoms with Crippen LogP contribution in [-0.4, -0.2) is 60.0 Å². The minimum atomic E-state index is -0.887. The molecule has 2 bridgehead atoms. The quantitative estimate of drug-likeness (QED) is 0.144. The summed E-state index contributed by atoms with van der Waals surface area (Å²) in [5.74, 6) is -0.474. The van der Waals surface area contributed by atoms with E-state index in [9.17, 15) is 24.3 Å². The maximum absolute atomic E-state index is 13.8. The molecule has 53 heavy (non-hydrogen) atoms. The smallest absolute Gasteiger partial charge is 0.347 e. The molecule has 3 aliphatic carbocycles. The molecule has 0 spiro atoms. The van der Waals surface area contributed by atoms with E-state index in [1.165, 1.54) is 12.8 Å². The standard InChI is InChI=1S/C38H62O9.6CH4/c1-22(34(41)46-32-14-16-45-36(32)43)17-26(35(42)44-15-13-24-9-11-27(12-10-24)37(3,4)5)20-28-23(2)25-18-29(28)30(19-25)31(39)21-33(40)47-38(6,7)8;;;;;;/h22-32,39H,9-21H2,1-8H3;6*1H4. The van der Waals surface area contributed by atoms with Crippen LogP contribution in [-0.2, 0) is 38.1 Å². The molecular formula is C44H86O9. The largest absolute Gasteiger partial charge is 0.465 e. The molecule has 0 amide bonds. The van der Waals surface area contributed by atoms with E-state index >= 15 is 0 Å². The molecule has 4 fully saturated rings. The fraction of sp³-hybridized carbons (Fsp3) is 0.909. The molecular weight excluding hydrogens is 672 g/mol. The molecule has 0 aromatic carbocycles. The molecule has 4 rings (SSSR count). The highest BCUT2D eigenvalue weighted by molar-refractivity contribution is 5.82. The molecule has 9 atom stereocenters. The van der Waals surface area contributed by atoms with Crippen molar-refractivity contribution >= 4 is 23.9 Å². The number of cyclic esters (lactones) is 1. The number of aliphatic hydroxyl groups is 1. The van der Waals surface area contributed by atoms with Crippen molar-refractivity contribution < 1.29 is 43.2 Å². The van der Waals surface area contributed by atoms with Gasteiger partial charge in [0.15, 0.2) is 0 Å². The Morgan fingerprint density at radius 1 is 0.887 bits per heavy atom. The fourth-order valence-corrected chi connectivity index (χ4v) is 9.09. The van der Waals surface area contributed by atoms with Crippen LogP contribution in [0.25, 0.3) is 0 Å². The first-order chi connectivity index (χ1) is 21.9. The minimum absolute atomic E-state index is 0. The molecule has 0 aromatic rings. The lowest BCUT2D eigenvalue weighted by Crippen LogP contribution is -2.38. The van der Waals surface area contributed by atoms with Crippen molar-refractivity contribution in [1.82, 2.24) is 0 Å². The Balaban J connectivity index is -0.00000417. The van der Waals surface area contributed by atoms with Gasteiger partial charge in [-0.25, -0.2) is 4.79 Å². The molecule has 0 radical (unpaired) electrons. The maximum atomic E-state index is 13.8. The van der Waals surface area contributed by atoms with Gasteiger partial charge in [-0.05, 0) is 113 Å². The first kappa shape index (κ1) is 55.2. The Kier molecular flexibility index (Phi) is 24.0. The van der Waals surface area contributed by atoms with Crippen LogP contribution in [0.3, 0.4) is 0 Å². The van der Waals surface area contributed by atoms with Gasteiger partial charge in [-0.2, -0.15) is 0 Å². The van der Waals surface area contributed by atoms with Crippen LogP contribution in [0.2, 0.25) is 0 Å². The van der Waals surface area contributed by atoms with Crippen molar-refractivity contribution in [3.8, 4) is 0 Å². The zero-order valence-corrected chi connectivity index (χ0v) is 30.3. The van der Waals surface area contributed by atoms with Crippen molar-refractivity contribution in [3.63, 3.8) is 0 Å². The molecule has 1 N–H and O–H groups in total. The Bertz CT molecular complexity index is 1100. The van der Waals surface area contributed by atoms with Gasteiger partial charge < -0.3 is 24.1 Å². The van der Waals surface area contributed by atoms with Gasteiger partial charge in [-0.1, -0.05) is 92.0 Å². The van der Waals surface area contributed by atoms with Crippen LogP contribution in [0, 0.1) is 58.7 Å². The third kappa shape index (κ3) is 15.1. The van der Waals surface area contributed by atoms with E-state index in [4.69, 9.17) is 18.9 Å². The molecule has 0 aromatic heterocycles. The highest BCUT2D eigenvalue weighted by Gasteiger charge is 2.53. The lowest BCUT2D eigenvalue weighted by molar-refractivity contribution is -0.164. The Hall–Kier alpha value is -2.16. The molecule has 1 heterocycles. The number of hydrogen-bond donors (Lipinski definition) is 1. The van der Waals surface area contributed by atoms with Gasteiger partial charge in [0.2, 0.25) is 6.10 Å². The highest BCUT2D eigenvalue weighted by Crippen LogP contribution is 2.58. The summed E-state index contributed by atoms with van der Waals surface area (Å²) in [5.41, 5.74) is -0.292. The second kappa shape index (κ2) is 23.0. The van der Waals surface area contributed by atoms with Gasteiger partial charge in [0.05, 0.1) is 37.6 Å². The Morgan fingerprint density at radius 2 is 1.49 bits per heavy atom. The normalized spacial score (nSPS) is 29.0. The molecule has 4 aliphatic rings. The predicted molar refractivity (Wildman–Crippen MR) is 217 cm³/mol. The fourth-order valence-electron chi connectivity index (χ4n) is 9.09. The summed E-state index contributed by atoms with van der Waals surface area (Å²) in [6, 6.07) is 0. The van der Waals surface area contributed by atoms with E-state index in [0.717, 1.165) is 38.0 Å². The summed E-state index contributed by atoms with van der Waals surface area (Å²) in [5, 5.41) is 11.2. The second-order valence-corrected chi connectivity index (χ2v) is 17.4. The van der Waals surface area contributed by atoms with Crippen LogP contribution in [0.5, 0.6) is 0 Å². The predicted octanol–water partition coefficient (Wildman–Crippen LogP) is 10.5. The summed E-state index contributed by atoms with van der Waals surface area (Å²) in [6.07, 6.45) is 6.84. The zero-order valence-electron chi connectivity index (χ0n) is 30.3. The van der Waals surface area contributed by atoms with E-state index in [1.54, 1.807) is 6.92 Å². The minimum Gasteiger partial charge on any atom is -0.465 e. The average molecular weight is 759 g/mol. The SMILES string of the molecule is C.C.C.C.C.C.CC(CC(CC1C(C)C2CC(C(O)CC(=O)OC(C)(C)C)C1C2)C(=O)OCCC1CCC(C(C)(C)C)CC1)C(=O)OC1CCOC1=O. The number of aliphatic hydroxyl groups excluding tert-OH is 1. The number of fused-ring (bicyclic) bond motifs is 2. The Labute approximate surface area is 326 Å². The number of rotatable bonds is 13. The number of ether oxygens (including phenoxy) is 4. The van der Waals surface area contributed by atoms with Crippen LogP contribution in [0.4, 0.5) is 0 Å². The van der Waals surface area contributed by atoms with Crippen LogP contribution in [0.15, 0.2) is 0 Å². The monoisotopic (exact) mass is 759 g/mol. The van der Waals surface area contributed by atoms with Crippen LogP contribution in [0.1, 0.15) is 171 Å². The van der Waals surface area contributed by atoms with E-state index in [0.29, 0.717) is 42.6 Å². The summed E-state index contributed by atoms with van der Waals surface area (Å²) in [4.78, 5) is 51.2. The number of carbonyl (C=O) groups excluding carboxylic acids is 4. The molecule has 3 saturated carbocycles. The van der Waals surface area contributed by atoms with E-state index in [-0.39, 0.29) is 87.7 Å². The molecule has 9 unspecified atom stereocenters. The summed E-state index contributed by atoms with van der Waals surface area (Å²) in [6.45, 7) is 17.0. The average Bonchev–Trinajstić information content (AvgIpc) is 3.67. The van der Waals surface area contributed by atoms with Gasteiger partial charge in [0, 0.05) is 6.42 Å². The third-order valence-electron chi connectivity index (χ3n) is 11.9. The number of carbonyl (C=O) groups is 4. The van der Waals surface area contributed by atoms with E-state index < -0.39 is 47.6 Å². The van der Waals surface area contributed by atoms with Crippen LogP contribution >= 0.6 is 0 Å². The lowest BCUT2D eigenvalue weighted by atomic mass is 9.68. The highest BCUT2D eigenvalue weighted by atomic mass is 16.6. The zero-order chi connectivity index (χ0) is 34.7. The Morgan fingerprint density at radius 3 is 2.00 bits per heavy atom. The molecule has 9 nitrogen and oxygen atoms in total. The van der Waals surface area contributed by atoms with Crippen molar-refractivity contribution in [3.05, 3.63) is 0 Å². The van der Waals surface area contributed by atoms with Gasteiger partial charge >= 0.3 is 23.9 Å². The molecule has 1 saturated heterocycles. The summed E-state index contributed by atoms with van der Waals surface area (Å²) < 4.78 is 21.9. The van der Waals surface area contributed by atoms with E-state index in [1.807, 2.05) is 20.8 Å². The molecule has 316 valence electrons. The first-order valence-corrected chi connectivity index (χ1v) is 18.4. The van der Waals surface area contributed by atoms with Crippen molar-refractivity contribution in [2.45, 2.75) is 188 Å². The van der Waals surface area contributed by atoms with Gasteiger partial charge in [-0.3, -0.25) is 14.4 Å². The third-order valence-corrected chi connectivity index (χ3v) is 11.9. The van der Waals surface area contributed by atoms with Crippen molar-refractivity contribution in [2.75, 3.05) is 13.2 Å². The first-order valence-electron chi connectivity index (χ1n) is 18.4.